The van der Waals surface area contributed by atoms with Crippen LogP contribution in [0.25, 0.3) is 6.08 Å². The minimum atomic E-state index is -0.235. The van der Waals surface area contributed by atoms with Gasteiger partial charge in [0.15, 0.2) is 5.78 Å². The van der Waals surface area contributed by atoms with Gasteiger partial charge in [0.1, 0.15) is 5.76 Å². The van der Waals surface area contributed by atoms with Gasteiger partial charge in [0.25, 0.3) is 0 Å². The molecule has 26 heavy (non-hydrogen) atoms. The lowest BCUT2D eigenvalue weighted by Crippen LogP contribution is -2.19. The quantitative estimate of drug-likeness (QED) is 0.434. The Kier molecular flexibility index (Phi) is 6.56. The third kappa shape index (κ3) is 5.45. The van der Waals surface area contributed by atoms with Crippen LogP contribution in [0.2, 0.25) is 0 Å². The number of allylic oxidation sites excluding steroid dienone is 6. The molecule has 0 amide bonds. The van der Waals surface area contributed by atoms with E-state index < -0.39 is 0 Å². The highest BCUT2D eigenvalue weighted by Gasteiger charge is 2.26. The number of ketones is 1. The maximum atomic E-state index is 12.1. The summed E-state index contributed by atoms with van der Waals surface area (Å²) in [5.41, 5.74) is 3.46. The summed E-state index contributed by atoms with van der Waals surface area (Å²) in [6.45, 7) is 6.54. The molecule has 0 aromatic carbocycles. The van der Waals surface area contributed by atoms with Crippen molar-refractivity contribution in [3.8, 4) is 5.88 Å². The Morgan fingerprint density at radius 2 is 2.04 bits per heavy atom. The zero-order chi connectivity index (χ0) is 19.2. The van der Waals surface area contributed by atoms with Crippen LogP contribution in [0, 0.1) is 5.41 Å². The minimum absolute atomic E-state index is 0.0894. The van der Waals surface area contributed by atoms with E-state index in [1.807, 2.05) is 12.1 Å². The molecular formula is C22H27NO3. The van der Waals surface area contributed by atoms with Crippen LogP contribution in [0.15, 0.2) is 59.5 Å². The molecule has 0 bridgehead atoms. The zero-order valence-corrected chi connectivity index (χ0v) is 16.0. The van der Waals surface area contributed by atoms with Crippen molar-refractivity contribution < 1.29 is 14.6 Å². The Morgan fingerprint density at radius 3 is 2.65 bits per heavy atom. The van der Waals surface area contributed by atoms with Crippen LogP contribution in [-0.2, 0) is 4.79 Å². The fraction of sp³-hybridized carbons (Fsp3) is 0.364. The molecule has 0 unspecified atom stereocenters. The molecule has 1 aliphatic rings. The highest BCUT2D eigenvalue weighted by molar-refractivity contribution is 6.00. The van der Waals surface area contributed by atoms with Crippen molar-refractivity contribution in [1.29, 1.82) is 0 Å². The highest BCUT2D eigenvalue weighted by atomic mass is 16.5. The van der Waals surface area contributed by atoms with E-state index in [0.717, 1.165) is 18.4 Å². The molecule has 0 spiro atoms. The molecule has 2 rings (SSSR count). The minimum Gasteiger partial charge on any atom is -0.508 e. The number of aromatic nitrogens is 1. The molecular weight excluding hydrogens is 326 g/mol. The summed E-state index contributed by atoms with van der Waals surface area (Å²) < 4.78 is 4.99. The average molecular weight is 353 g/mol. The van der Waals surface area contributed by atoms with Gasteiger partial charge in [-0.3, -0.25) is 4.79 Å². The first-order valence-electron chi connectivity index (χ1n) is 8.83. The Morgan fingerprint density at radius 1 is 1.27 bits per heavy atom. The summed E-state index contributed by atoms with van der Waals surface area (Å²) in [6, 6.07) is 3.55. The summed E-state index contributed by atoms with van der Waals surface area (Å²) >= 11 is 0. The molecule has 0 radical (unpaired) electrons. The normalized spacial score (nSPS) is 17.9. The van der Waals surface area contributed by atoms with Crippen LogP contribution in [0.4, 0.5) is 0 Å². The third-order valence-corrected chi connectivity index (χ3v) is 4.66. The summed E-state index contributed by atoms with van der Waals surface area (Å²) in [7, 11) is 1.55. The molecule has 1 N–H and O–H groups in total. The van der Waals surface area contributed by atoms with Gasteiger partial charge >= 0.3 is 0 Å². The molecule has 4 heteroatoms. The number of nitrogens with zero attached hydrogens (tertiary/aromatic N) is 1. The fourth-order valence-corrected chi connectivity index (χ4v) is 3.21. The van der Waals surface area contributed by atoms with Gasteiger partial charge in [0.05, 0.1) is 7.11 Å². The first-order chi connectivity index (χ1) is 12.3. The van der Waals surface area contributed by atoms with Gasteiger partial charge in [-0.15, -0.1) is 0 Å². The Labute approximate surface area is 155 Å². The van der Waals surface area contributed by atoms with Crippen molar-refractivity contribution in [2.45, 2.75) is 40.0 Å². The molecule has 1 aromatic heterocycles. The number of ether oxygens (including phenoxy) is 1. The second-order valence-electron chi connectivity index (χ2n) is 7.20. The average Bonchev–Trinajstić information content (AvgIpc) is 2.59. The molecule has 1 aliphatic carbocycles. The van der Waals surface area contributed by atoms with E-state index in [1.54, 1.807) is 25.4 Å². The van der Waals surface area contributed by atoms with Crippen LogP contribution >= 0.6 is 0 Å². The molecule has 0 saturated carbocycles. The standard InChI is InChI=1S/C22H27NO3/c1-16-6-5-13-22(2,3)20(16)11-10-19(25)14-18(24)9-7-17-8-12-21(26-4)23-15-17/h7-12,14-15,24H,5-6,13H2,1-4H3/b9-7+,11-10+,18-14-. The lowest BCUT2D eigenvalue weighted by atomic mass is 9.72. The van der Waals surface area contributed by atoms with Gasteiger partial charge in [-0.25, -0.2) is 4.98 Å². The highest BCUT2D eigenvalue weighted by Crippen LogP contribution is 2.40. The molecule has 4 nitrogen and oxygen atoms in total. The van der Waals surface area contributed by atoms with E-state index in [4.69, 9.17) is 4.74 Å². The monoisotopic (exact) mass is 353 g/mol. The van der Waals surface area contributed by atoms with E-state index in [0.29, 0.717) is 5.88 Å². The van der Waals surface area contributed by atoms with E-state index in [2.05, 4.69) is 25.8 Å². The van der Waals surface area contributed by atoms with Gasteiger partial charge in [-0.1, -0.05) is 25.5 Å². The van der Waals surface area contributed by atoms with Crippen molar-refractivity contribution in [1.82, 2.24) is 4.98 Å². The lowest BCUT2D eigenvalue weighted by Gasteiger charge is -2.32. The van der Waals surface area contributed by atoms with Gasteiger partial charge in [-0.05, 0) is 67.0 Å². The van der Waals surface area contributed by atoms with Gasteiger partial charge in [-0.2, -0.15) is 0 Å². The zero-order valence-electron chi connectivity index (χ0n) is 16.0. The summed E-state index contributed by atoms with van der Waals surface area (Å²) in [5, 5.41) is 9.94. The van der Waals surface area contributed by atoms with Crippen molar-refractivity contribution in [2.75, 3.05) is 7.11 Å². The molecule has 0 saturated heterocycles. The van der Waals surface area contributed by atoms with Crippen molar-refractivity contribution in [3.63, 3.8) is 0 Å². The van der Waals surface area contributed by atoms with E-state index in [1.165, 1.54) is 35.8 Å². The van der Waals surface area contributed by atoms with Crippen LogP contribution in [0.1, 0.15) is 45.6 Å². The summed E-state index contributed by atoms with van der Waals surface area (Å²) in [4.78, 5) is 16.2. The SMILES string of the molecule is COc1ccc(/C=C/C(O)=C/C(=O)/C=C/C2=C(C)CCCC2(C)C)cn1. The van der Waals surface area contributed by atoms with Crippen LogP contribution in [0.5, 0.6) is 5.88 Å². The molecule has 0 aliphatic heterocycles. The van der Waals surface area contributed by atoms with E-state index >= 15 is 0 Å². The number of carbonyl (C=O) groups is 1. The second-order valence-corrected chi connectivity index (χ2v) is 7.20. The largest absolute Gasteiger partial charge is 0.508 e. The number of aliphatic hydroxyl groups excluding tert-OH is 1. The number of hydrogen-bond acceptors (Lipinski definition) is 4. The predicted molar refractivity (Wildman–Crippen MR) is 105 cm³/mol. The number of hydrogen-bond donors (Lipinski definition) is 1. The fourth-order valence-electron chi connectivity index (χ4n) is 3.21. The smallest absolute Gasteiger partial charge is 0.212 e. The van der Waals surface area contributed by atoms with E-state index in [9.17, 15) is 9.90 Å². The van der Waals surface area contributed by atoms with E-state index in [-0.39, 0.29) is 17.0 Å². The van der Waals surface area contributed by atoms with Gasteiger partial charge < -0.3 is 9.84 Å². The number of aliphatic hydroxyl groups is 1. The Hall–Kier alpha value is -2.62. The Balaban J connectivity index is 2.03. The molecule has 0 atom stereocenters. The van der Waals surface area contributed by atoms with Crippen LogP contribution in [0.3, 0.4) is 0 Å². The lowest BCUT2D eigenvalue weighted by molar-refractivity contribution is -0.110. The number of carbonyl (C=O) groups excluding carboxylic acids is 1. The Bertz CT molecular complexity index is 765. The number of pyridine rings is 1. The number of rotatable bonds is 6. The molecule has 1 aromatic rings. The third-order valence-electron chi connectivity index (χ3n) is 4.66. The topological polar surface area (TPSA) is 59.4 Å². The van der Waals surface area contributed by atoms with Crippen LogP contribution in [-0.4, -0.2) is 23.0 Å². The number of methoxy groups -OCH3 is 1. The van der Waals surface area contributed by atoms with Crippen molar-refractivity contribution in [2.24, 2.45) is 5.41 Å². The first-order valence-corrected chi connectivity index (χ1v) is 8.83. The molecule has 0 fully saturated rings. The maximum Gasteiger partial charge on any atom is 0.212 e. The second kappa shape index (κ2) is 8.65. The van der Waals surface area contributed by atoms with Crippen molar-refractivity contribution >= 4 is 11.9 Å². The van der Waals surface area contributed by atoms with Gasteiger partial charge in [0, 0.05) is 18.3 Å². The maximum absolute atomic E-state index is 12.1. The molecule has 138 valence electrons. The van der Waals surface area contributed by atoms with Crippen LogP contribution < -0.4 is 4.74 Å². The predicted octanol–water partition coefficient (Wildman–Crippen LogP) is 5.20. The summed E-state index contributed by atoms with van der Waals surface area (Å²) in [6.07, 6.45) is 12.8. The molecule has 1 heterocycles. The summed E-state index contributed by atoms with van der Waals surface area (Å²) in [5.74, 6) is 0.197. The van der Waals surface area contributed by atoms with Crippen molar-refractivity contribution in [3.05, 3.63) is 65.1 Å². The first kappa shape index (κ1) is 19.7. The van der Waals surface area contributed by atoms with Gasteiger partial charge in [0.2, 0.25) is 5.88 Å².